The summed E-state index contributed by atoms with van der Waals surface area (Å²) in [5.74, 6) is 0.249. The maximum Gasteiger partial charge on any atom is 0.110 e. The molecule has 0 amide bonds. The van der Waals surface area contributed by atoms with E-state index >= 15 is 0 Å². The molecular formula is C16H30O3. The van der Waals surface area contributed by atoms with E-state index < -0.39 is 6.10 Å². The lowest BCUT2D eigenvalue weighted by Gasteiger charge is -2.36. The molecule has 0 spiro atoms. The van der Waals surface area contributed by atoms with E-state index in [0.717, 1.165) is 6.42 Å². The van der Waals surface area contributed by atoms with Crippen LogP contribution >= 0.6 is 0 Å². The molecule has 0 aliphatic carbocycles. The van der Waals surface area contributed by atoms with Gasteiger partial charge in [-0.15, -0.1) is 0 Å². The second-order valence-corrected chi connectivity index (χ2v) is 5.60. The van der Waals surface area contributed by atoms with Gasteiger partial charge in [-0.25, -0.2) is 0 Å². The van der Waals surface area contributed by atoms with Crippen LogP contribution in [0.3, 0.4) is 0 Å². The van der Waals surface area contributed by atoms with Crippen molar-refractivity contribution in [2.45, 2.75) is 70.7 Å². The first kappa shape index (κ1) is 16.7. The fraction of sp³-hybridized carbons (Fsp3) is 0.875. The zero-order valence-corrected chi connectivity index (χ0v) is 12.7. The summed E-state index contributed by atoms with van der Waals surface area (Å²) in [6.07, 6.45) is 10.8. The minimum Gasteiger partial charge on any atom is -0.387 e. The Labute approximate surface area is 118 Å². The molecule has 0 aromatic rings. The fourth-order valence-corrected chi connectivity index (χ4v) is 2.62. The van der Waals surface area contributed by atoms with Gasteiger partial charge < -0.3 is 14.6 Å². The van der Waals surface area contributed by atoms with Crippen LogP contribution in [-0.4, -0.2) is 37.1 Å². The van der Waals surface area contributed by atoms with Gasteiger partial charge in [0.15, 0.2) is 0 Å². The van der Waals surface area contributed by atoms with Crippen LogP contribution in [0.1, 0.15) is 52.4 Å². The van der Waals surface area contributed by atoms with Gasteiger partial charge in [0, 0.05) is 13.0 Å². The Morgan fingerprint density at radius 1 is 1.26 bits per heavy atom. The Balaban J connectivity index is 2.24. The van der Waals surface area contributed by atoms with E-state index in [-0.39, 0.29) is 18.1 Å². The lowest BCUT2D eigenvalue weighted by atomic mass is 9.93. The van der Waals surface area contributed by atoms with Crippen molar-refractivity contribution in [2.24, 2.45) is 5.92 Å². The van der Waals surface area contributed by atoms with Gasteiger partial charge in [0.25, 0.3) is 0 Å². The average molecular weight is 270 g/mol. The predicted molar refractivity (Wildman–Crippen MR) is 78.2 cm³/mol. The van der Waals surface area contributed by atoms with Crippen LogP contribution in [0.25, 0.3) is 0 Å². The maximum absolute atomic E-state index is 10.2. The van der Waals surface area contributed by atoms with E-state index in [1.807, 2.05) is 13.0 Å². The summed E-state index contributed by atoms with van der Waals surface area (Å²) >= 11 is 0. The van der Waals surface area contributed by atoms with Crippen LogP contribution in [0.4, 0.5) is 0 Å². The third-order valence-corrected chi connectivity index (χ3v) is 3.86. The molecule has 1 N–H and O–H groups in total. The monoisotopic (exact) mass is 270 g/mol. The highest BCUT2D eigenvalue weighted by molar-refractivity contribution is 4.99. The number of methoxy groups -OCH3 is 1. The van der Waals surface area contributed by atoms with E-state index in [1.165, 1.54) is 32.1 Å². The molecule has 0 unspecified atom stereocenters. The molecule has 19 heavy (non-hydrogen) atoms. The molecule has 3 heteroatoms. The van der Waals surface area contributed by atoms with Crippen molar-refractivity contribution < 1.29 is 14.6 Å². The Bertz CT molecular complexity index is 252. The number of aliphatic hydroxyl groups excluding tert-OH is 1. The molecule has 1 fully saturated rings. The Kier molecular flexibility index (Phi) is 8.35. The number of aliphatic hydroxyl groups is 1. The second kappa shape index (κ2) is 9.51. The molecule has 4 atom stereocenters. The Hall–Kier alpha value is -0.380. The third kappa shape index (κ3) is 5.64. The molecule has 0 bridgehead atoms. The summed E-state index contributed by atoms with van der Waals surface area (Å²) in [6.45, 7) is 4.93. The van der Waals surface area contributed by atoms with E-state index in [0.29, 0.717) is 6.61 Å². The van der Waals surface area contributed by atoms with Crippen LogP contribution in [-0.2, 0) is 9.47 Å². The summed E-state index contributed by atoms with van der Waals surface area (Å²) in [5, 5.41) is 10.2. The van der Waals surface area contributed by atoms with Crippen LogP contribution in [0.15, 0.2) is 12.2 Å². The number of unbranched alkanes of at least 4 members (excludes halogenated alkanes) is 5. The van der Waals surface area contributed by atoms with Crippen molar-refractivity contribution in [2.75, 3.05) is 13.7 Å². The number of hydrogen-bond acceptors (Lipinski definition) is 3. The first-order valence-corrected chi connectivity index (χ1v) is 7.69. The molecule has 0 aromatic carbocycles. The SMILES string of the molecule is CCCCCCC/C=C\[C@@H]1OC[C@H](C)[C@@H](OC)[C@H]1O. The largest absolute Gasteiger partial charge is 0.387 e. The van der Waals surface area contributed by atoms with Crippen molar-refractivity contribution >= 4 is 0 Å². The van der Waals surface area contributed by atoms with Crippen LogP contribution in [0.5, 0.6) is 0 Å². The molecule has 3 nitrogen and oxygen atoms in total. The van der Waals surface area contributed by atoms with E-state index in [9.17, 15) is 5.11 Å². The first-order chi connectivity index (χ1) is 9.20. The Morgan fingerprint density at radius 2 is 2.00 bits per heavy atom. The number of hydrogen-bond donors (Lipinski definition) is 1. The van der Waals surface area contributed by atoms with Gasteiger partial charge in [-0.1, -0.05) is 51.7 Å². The standard InChI is InChI=1S/C16H30O3/c1-4-5-6-7-8-9-10-11-14-15(17)16(18-3)13(2)12-19-14/h10-11,13-17H,4-9,12H2,1-3H3/b11-10-/t13-,14-,15-,16+/m0/s1. The molecule has 0 saturated carbocycles. The van der Waals surface area contributed by atoms with Gasteiger partial charge in [0.1, 0.15) is 12.2 Å². The molecule has 1 heterocycles. The molecule has 1 saturated heterocycles. The molecule has 1 aliphatic rings. The summed E-state index contributed by atoms with van der Waals surface area (Å²) in [4.78, 5) is 0. The number of rotatable bonds is 8. The molecule has 0 aromatic heterocycles. The first-order valence-electron chi connectivity index (χ1n) is 7.69. The van der Waals surface area contributed by atoms with Crippen LogP contribution < -0.4 is 0 Å². The van der Waals surface area contributed by atoms with E-state index in [4.69, 9.17) is 9.47 Å². The zero-order chi connectivity index (χ0) is 14.1. The zero-order valence-electron chi connectivity index (χ0n) is 12.7. The van der Waals surface area contributed by atoms with Gasteiger partial charge in [-0.2, -0.15) is 0 Å². The van der Waals surface area contributed by atoms with Gasteiger partial charge >= 0.3 is 0 Å². The van der Waals surface area contributed by atoms with Crippen molar-refractivity contribution in [3.63, 3.8) is 0 Å². The normalized spacial score (nSPS) is 32.0. The summed E-state index contributed by atoms with van der Waals surface area (Å²) in [5.41, 5.74) is 0. The van der Waals surface area contributed by atoms with Crippen molar-refractivity contribution in [3.05, 3.63) is 12.2 Å². The number of ether oxygens (including phenoxy) is 2. The predicted octanol–water partition coefficient (Wildman–Crippen LogP) is 3.31. The smallest absolute Gasteiger partial charge is 0.110 e. The lowest BCUT2D eigenvalue weighted by Crippen LogP contribution is -2.49. The van der Waals surface area contributed by atoms with E-state index in [2.05, 4.69) is 13.0 Å². The molecule has 1 aliphatic heterocycles. The van der Waals surface area contributed by atoms with Crippen molar-refractivity contribution in [3.8, 4) is 0 Å². The van der Waals surface area contributed by atoms with Gasteiger partial charge in [0.05, 0.1) is 12.7 Å². The highest BCUT2D eigenvalue weighted by Gasteiger charge is 2.35. The summed E-state index contributed by atoms with van der Waals surface area (Å²) in [7, 11) is 1.66. The quantitative estimate of drug-likeness (QED) is 0.543. The maximum atomic E-state index is 10.2. The van der Waals surface area contributed by atoms with Gasteiger partial charge in [-0.05, 0) is 12.8 Å². The van der Waals surface area contributed by atoms with Gasteiger partial charge in [0.2, 0.25) is 0 Å². The minimum absolute atomic E-state index is 0.118. The Morgan fingerprint density at radius 3 is 2.68 bits per heavy atom. The van der Waals surface area contributed by atoms with E-state index in [1.54, 1.807) is 7.11 Å². The highest BCUT2D eigenvalue weighted by atomic mass is 16.5. The second-order valence-electron chi connectivity index (χ2n) is 5.60. The summed E-state index contributed by atoms with van der Waals surface area (Å²) < 4.78 is 11.0. The van der Waals surface area contributed by atoms with Crippen LogP contribution in [0, 0.1) is 5.92 Å². The molecule has 1 rings (SSSR count). The fourth-order valence-electron chi connectivity index (χ4n) is 2.62. The highest BCUT2D eigenvalue weighted by Crippen LogP contribution is 2.23. The topological polar surface area (TPSA) is 38.7 Å². The minimum atomic E-state index is -0.551. The van der Waals surface area contributed by atoms with Crippen LogP contribution in [0.2, 0.25) is 0 Å². The molecular weight excluding hydrogens is 240 g/mol. The lowest BCUT2D eigenvalue weighted by molar-refractivity contribution is -0.155. The molecule has 112 valence electrons. The molecule has 0 radical (unpaired) electrons. The third-order valence-electron chi connectivity index (χ3n) is 3.86. The van der Waals surface area contributed by atoms with Crippen molar-refractivity contribution in [1.82, 2.24) is 0 Å². The van der Waals surface area contributed by atoms with Crippen molar-refractivity contribution in [1.29, 1.82) is 0 Å². The number of allylic oxidation sites excluding steroid dienone is 1. The summed E-state index contributed by atoms with van der Waals surface area (Å²) in [6, 6.07) is 0. The average Bonchev–Trinajstić information content (AvgIpc) is 2.40. The van der Waals surface area contributed by atoms with Gasteiger partial charge in [-0.3, -0.25) is 0 Å².